The van der Waals surface area contributed by atoms with E-state index in [1.807, 2.05) is 4.90 Å². The lowest BCUT2D eigenvalue weighted by atomic mass is 9.32. The van der Waals surface area contributed by atoms with Gasteiger partial charge in [0.2, 0.25) is 5.78 Å². The molecule has 232 valence electrons. The van der Waals surface area contributed by atoms with E-state index in [0.717, 1.165) is 51.6 Å². The third kappa shape index (κ3) is 3.98. The van der Waals surface area contributed by atoms with Gasteiger partial charge in [0.1, 0.15) is 0 Å². The van der Waals surface area contributed by atoms with Gasteiger partial charge in [0.05, 0.1) is 6.10 Å². The van der Waals surface area contributed by atoms with Crippen LogP contribution >= 0.6 is 0 Å². The lowest BCUT2D eigenvalue weighted by Gasteiger charge is -2.73. The summed E-state index contributed by atoms with van der Waals surface area (Å²) in [5.41, 5.74) is 0.199. The molecule has 6 aliphatic rings. The molecule has 0 radical (unpaired) electrons. The standard InChI is InChI=1S/C36H60N2O3/c1-23(2)24-11-16-36(30(40)31(41)38-21-19-37(8)20-22-38)18-17-34(6)25(29(24)36)9-10-27-33(5)14-13-28(39)32(3,4)26(33)12-15-35(27,34)7/h23-29,39H,9-22H2,1-8H3/t24?,25?,26-,27+,28-,29?,33-,34+,35+,36-/m0/s1. The molecule has 1 heterocycles. The molecule has 6 fully saturated rings. The molecule has 5 saturated carbocycles. The Kier molecular flexibility index (Phi) is 7.18. The van der Waals surface area contributed by atoms with E-state index in [-0.39, 0.29) is 39.5 Å². The van der Waals surface area contributed by atoms with Crippen LogP contribution in [-0.2, 0) is 9.59 Å². The van der Waals surface area contributed by atoms with Crippen LogP contribution in [0.3, 0.4) is 0 Å². The molecule has 41 heavy (non-hydrogen) atoms. The molecule has 10 atom stereocenters. The van der Waals surface area contributed by atoms with E-state index >= 15 is 0 Å². The Balaban J connectivity index is 1.35. The summed E-state index contributed by atoms with van der Waals surface area (Å²) in [6.07, 6.45) is 10.8. The third-order valence-corrected chi connectivity index (χ3v) is 15.8. The van der Waals surface area contributed by atoms with Crippen LogP contribution in [0.2, 0.25) is 0 Å². The van der Waals surface area contributed by atoms with Crippen LogP contribution in [0.15, 0.2) is 0 Å². The Labute approximate surface area is 250 Å². The third-order valence-electron chi connectivity index (χ3n) is 15.8. The predicted octanol–water partition coefficient (Wildman–Crippen LogP) is 6.43. The van der Waals surface area contributed by atoms with Crippen molar-refractivity contribution in [3.05, 3.63) is 0 Å². The molecule has 1 saturated heterocycles. The minimum absolute atomic E-state index is 0.0248. The maximum atomic E-state index is 14.5. The van der Waals surface area contributed by atoms with Crippen LogP contribution in [0.25, 0.3) is 0 Å². The van der Waals surface area contributed by atoms with Crippen molar-refractivity contribution in [1.82, 2.24) is 9.80 Å². The van der Waals surface area contributed by atoms with Gasteiger partial charge in [0.25, 0.3) is 5.91 Å². The highest BCUT2D eigenvalue weighted by atomic mass is 16.3. The highest BCUT2D eigenvalue weighted by Gasteiger charge is 2.72. The first kappa shape index (κ1) is 30.1. The second-order valence-electron chi connectivity index (χ2n) is 17.6. The van der Waals surface area contributed by atoms with E-state index in [4.69, 9.17) is 0 Å². The number of hydrogen-bond acceptors (Lipinski definition) is 4. The number of carbonyl (C=O) groups is 2. The Morgan fingerprint density at radius 1 is 0.756 bits per heavy atom. The topological polar surface area (TPSA) is 60.9 Å². The van der Waals surface area contributed by atoms with Crippen molar-refractivity contribution >= 4 is 11.7 Å². The predicted molar refractivity (Wildman–Crippen MR) is 164 cm³/mol. The van der Waals surface area contributed by atoms with Gasteiger partial charge in [-0.15, -0.1) is 0 Å². The largest absolute Gasteiger partial charge is 0.393 e. The van der Waals surface area contributed by atoms with E-state index in [0.29, 0.717) is 48.6 Å². The lowest BCUT2D eigenvalue weighted by Crippen LogP contribution is -2.67. The van der Waals surface area contributed by atoms with Crippen molar-refractivity contribution in [2.24, 2.45) is 62.6 Å². The van der Waals surface area contributed by atoms with Crippen molar-refractivity contribution in [3.63, 3.8) is 0 Å². The Bertz CT molecular complexity index is 1060. The van der Waals surface area contributed by atoms with Gasteiger partial charge in [-0.1, -0.05) is 48.5 Å². The summed E-state index contributed by atoms with van der Waals surface area (Å²) in [4.78, 5) is 32.5. The van der Waals surface area contributed by atoms with Gasteiger partial charge in [0, 0.05) is 31.6 Å². The smallest absolute Gasteiger partial charge is 0.290 e. The van der Waals surface area contributed by atoms with Crippen LogP contribution in [0, 0.1) is 62.6 Å². The number of fused-ring (bicyclic) bond motifs is 7. The number of hydrogen-bond donors (Lipinski definition) is 1. The van der Waals surface area contributed by atoms with Crippen LogP contribution in [0.4, 0.5) is 0 Å². The van der Waals surface area contributed by atoms with Gasteiger partial charge in [-0.05, 0) is 128 Å². The number of likely N-dealkylation sites (N-methyl/N-ethyl adjacent to an activating group) is 1. The molecule has 3 unspecified atom stereocenters. The molecule has 5 nitrogen and oxygen atoms in total. The number of nitrogens with zero attached hydrogens (tertiary/aromatic N) is 2. The number of amides is 1. The Morgan fingerprint density at radius 2 is 1.44 bits per heavy atom. The summed E-state index contributed by atoms with van der Waals surface area (Å²) in [5.74, 6) is 2.94. The Hall–Kier alpha value is -0.940. The average Bonchev–Trinajstić information content (AvgIpc) is 3.32. The number of aliphatic hydroxyl groups excluding tert-OH is 1. The van der Waals surface area contributed by atoms with Gasteiger partial charge in [0.15, 0.2) is 0 Å². The first-order valence-electron chi connectivity index (χ1n) is 17.3. The van der Waals surface area contributed by atoms with Crippen LogP contribution < -0.4 is 0 Å². The van der Waals surface area contributed by atoms with E-state index in [2.05, 4.69) is 60.4 Å². The molecular formula is C36H60N2O3. The fourth-order valence-corrected chi connectivity index (χ4v) is 13.1. The van der Waals surface area contributed by atoms with E-state index in [9.17, 15) is 14.7 Å². The first-order valence-corrected chi connectivity index (χ1v) is 17.3. The normalized spacial score (nSPS) is 49.6. The van der Waals surface area contributed by atoms with Crippen molar-refractivity contribution in [3.8, 4) is 0 Å². The van der Waals surface area contributed by atoms with Gasteiger partial charge >= 0.3 is 0 Å². The van der Waals surface area contributed by atoms with Gasteiger partial charge < -0.3 is 14.9 Å². The summed E-state index contributed by atoms with van der Waals surface area (Å²) < 4.78 is 0. The highest BCUT2D eigenvalue weighted by Crippen LogP contribution is 2.77. The number of rotatable bonds is 3. The van der Waals surface area contributed by atoms with Crippen LogP contribution in [0.1, 0.15) is 113 Å². The van der Waals surface area contributed by atoms with Gasteiger partial charge in [-0.3, -0.25) is 9.59 Å². The summed E-state index contributed by atoms with van der Waals surface area (Å²) in [6.45, 7) is 20.4. The minimum Gasteiger partial charge on any atom is -0.393 e. The molecule has 1 amide bonds. The Morgan fingerprint density at radius 3 is 2.10 bits per heavy atom. The van der Waals surface area contributed by atoms with Gasteiger partial charge in [-0.25, -0.2) is 0 Å². The van der Waals surface area contributed by atoms with Crippen molar-refractivity contribution in [1.29, 1.82) is 0 Å². The van der Waals surface area contributed by atoms with Crippen molar-refractivity contribution in [2.75, 3.05) is 33.2 Å². The molecule has 0 aromatic carbocycles. The van der Waals surface area contributed by atoms with E-state index in [1.165, 1.54) is 25.7 Å². The molecule has 6 rings (SSSR count). The average molecular weight is 569 g/mol. The number of aliphatic hydroxyl groups is 1. The van der Waals surface area contributed by atoms with Gasteiger partial charge in [-0.2, -0.15) is 0 Å². The SMILES string of the molecule is CC(C)C1CC[C@]2(C(=O)C(=O)N3CCN(C)CC3)CC[C@]3(C)C(CC[C@@H]4[C@@]5(C)CC[C@H](O)C(C)(C)[C@@H]5CC[C@]43C)C12. The number of carbonyl (C=O) groups excluding carboxylic acids is 2. The molecule has 5 aliphatic carbocycles. The minimum atomic E-state index is -0.458. The zero-order valence-corrected chi connectivity index (χ0v) is 27.6. The molecule has 0 aromatic heterocycles. The highest BCUT2D eigenvalue weighted by molar-refractivity contribution is 6.38. The fraction of sp³-hybridized carbons (Fsp3) is 0.944. The summed E-state index contributed by atoms with van der Waals surface area (Å²) in [7, 11) is 2.10. The van der Waals surface area contributed by atoms with Crippen LogP contribution in [-0.4, -0.2) is 65.9 Å². The lowest BCUT2D eigenvalue weighted by molar-refractivity contribution is -0.247. The quantitative estimate of drug-likeness (QED) is 0.399. The second-order valence-corrected chi connectivity index (χ2v) is 17.6. The molecule has 0 spiro atoms. The molecule has 1 N–H and O–H groups in total. The maximum absolute atomic E-state index is 14.5. The zero-order valence-electron chi connectivity index (χ0n) is 27.6. The van der Waals surface area contributed by atoms with Crippen molar-refractivity contribution < 1.29 is 14.7 Å². The number of Topliss-reactive ketones (excluding diaryl/α,β-unsaturated/α-hetero) is 1. The summed E-state index contributed by atoms with van der Waals surface area (Å²) >= 11 is 0. The van der Waals surface area contributed by atoms with E-state index < -0.39 is 5.41 Å². The fourth-order valence-electron chi connectivity index (χ4n) is 13.1. The number of piperazine rings is 1. The zero-order chi connectivity index (χ0) is 29.8. The molecule has 0 aromatic rings. The van der Waals surface area contributed by atoms with Crippen LogP contribution in [0.5, 0.6) is 0 Å². The molecule has 5 heteroatoms. The monoisotopic (exact) mass is 568 g/mol. The molecule has 0 bridgehead atoms. The summed E-state index contributed by atoms with van der Waals surface area (Å²) in [5, 5.41) is 11.0. The second kappa shape index (κ2) is 9.78. The maximum Gasteiger partial charge on any atom is 0.290 e. The van der Waals surface area contributed by atoms with Crippen molar-refractivity contribution in [2.45, 2.75) is 119 Å². The number of ketones is 1. The van der Waals surface area contributed by atoms with E-state index in [1.54, 1.807) is 0 Å². The first-order chi connectivity index (χ1) is 19.1. The molecule has 1 aliphatic heterocycles. The molecular weight excluding hydrogens is 508 g/mol. The summed E-state index contributed by atoms with van der Waals surface area (Å²) in [6, 6.07) is 0.